The first kappa shape index (κ1) is 18.1. The Bertz CT molecular complexity index is 819. The van der Waals surface area contributed by atoms with Crippen LogP contribution in [-0.4, -0.2) is 11.9 Å². The highest BCUT2D eigenvalue weighted by molar-refractivity contribution is 6.36. The molecule has 1 atom stereocenters. The predicted molar refractivity (Wildman–Crippen MR) is 95.6 cm³/mol. The van der Waals surface area contributed by atoms with Crippen LogP contribution in [0.4, 0.5) is 0 Å². The van der Waals surface area contributed by atoms with Crippen LogP contribution in [0.5, 0.6) is 0 Å². The fourth-order valence-corrected chi connectivity index (χ4v) is 2.46. The third-order valence-electron chi connectivity index (χ3n) is 3.46. The quantitative estimate of drug-likeness (QED) is 0.595. The molecule has 1 N–H and O–H groups in total. The fourth-order valence-electron chi connectivity index (χ4n) is 1.96. The number of halogens is 2. The Morgan fingerprint density at radius 1 is 1.38 bits per heavy atom. The number of furan rings is 1. The maximum Gasteiger partial charge on any atom is 0.262 e. The van der Waals surface area contributed by atoms with Gasteiger partial charge >= 0.3 is 0 Å². The molecule has 24 heavy (non-hydrogen) atoms. The Kier molecular flexibility index (Phi) is 6.08. The molecule has 0 fully saturated rings. The summed E-state index contributed by atoms with van der Waals surface area (Å²) in [4.78, 5) is 12.0. The van der Waals surface area contributed by atoms with Gasteiger partial charge < -0.3 is 9.73 Å². The minimum atomic E-state index is -0.422. The van der Waals surface area contributed by atoms with Crippen molar-refractivity contribution >= 4 is 35.2 Å². The molecule has 0 aliphatic carbocycles. The molecule has 1 amide bonds. The molecule has 0 spiro atoms. The zero-order valence-electron chi connectivity index (χ0n) is 13.3. The first-order valence-corrected chi connectivity index (χ1v) is 8.18. The van der Waals surface area contributed by atoms with Gasteiger partial charge in [-0.25, -0.2) is 0 Å². The molecule has 124 valence electrons. The van der Waals surface area contributed by atoms with Crippen molar-refractivity contribution in [3.05, 3.63) is 51.7 Å². The normalized spacial score (nSPS) is 12.5. The Morgan fingerprint density at radius 2 is 2.12 bits per heavy atom. The number of nitriles is 1. The van der Waals surface area contributed by atoms with Gasteiger partial charge in [0.25, 0.3) is 5.91 Å². The standard InChI is InChI=1S/C18H16Cl2N2O2/c1-3-11(2)22-18(23)12(10-21)8-14-5-7-17(24-14)15-6-4-13(19)9-16(15)20/h4-9,11H,3H2,1-2H3,(H,22,23)/b12-8+/t11-/m1/s1. The lowest BCUT2D eigenvalue weighted by Gasteiger charge is -2.09. The number of amides is 1. The molecular weight excluding hydrogens is 347 g/mol. The van der Waals surface area contributed by atoms with Crippen molar-refractivity contribution in [2.45, 2.75) is 26.3 Å². The molecule has 0 unspecified atom stereocenters. The van der Waals surface area contributed by atoms with Gasteiger partial charge in [-0.15, -0.1) is 0 Å². The summed E-state index contributed by atoms with van der Waals surface area (Å²) < 4.78 is 5.67. The van der Waals surface area contributed by atoms with E-state index in [-0.39, 0.29) is 11.6 Å². The summed E-state index contributed by atoms with van der Waals surface area (Å²) in [5.74, 6) is 0.503. The maximum atomic E-state index is 12.0. The molecule has 0 saturated heterocycles. The van der Waals surface area contributed by atoms with Crippen LogP contribution in [-0.2, 0) is 4.79 Å². The van der Waals surface area contributed by atoms with E-state index in [2.05, 4.69) is 5.32 Å². The van der Waals surface area contributed by atoms with E-state index in [1.165, 1.54) is 6.08 Å². The van der Waals surface area contributed by atoms with Crippen LogP contribution >= 0.6 is 23.2 Å². The number of hydrogen-bond donors (Lipinski definition) is 1. The number of nitrogens with zero attached hydrogens (tertiary/aromatic N) is 1. The van der Waals surface area contributed by atoms with Crippen molar-refractivity contribution in [2.75, 3.05) is 0 Å². The summed E-state index contributed by atoms with van der Waals surface area (Å²) in [6.45, 7) is 3.83. The van der Waals surface area contributed by atoms with Crippen molar-refractivity contribution in [1.82, 2.24) is 5.32 Å². The van der Waals surface area contributed by atoms with Gasteiger partial charge in [-0.2, -0.15) is 5.26 Å². The second-order valence-electron chi connectivity index (χ2n) is 5.28. The van der Waals surface area contributed by atoms with Gasteiger partial charge in [0, 0.05) is 22.7 Å². The van der Waals surface area contributed by atoms with Crippen molar-refractivity contribution in [2.24, 2.45) is 0 Å². The summed E-state index contributed by atoms with van der Waals surface area (Å²) >= 11 is 12.0. The van der Waals surface area contributed by atoms with Crippen LogP contribution in [0.25, 0.3) is 17.4 Å². The zero-order valence-corrected chi connectivity index (χ0v) is 14.8. The summed E-state index contributed by atoms with van der Waals surface area (Å²) in [6.07, 6.45) is 2.19. The first-order valence-electron chi connectivity index (χ1n) is 7.42. The van der Waals surface area contributed by atoms with Crippen LogP contribution in [0.1, 0.15) is 26.0 Å². The second-order valence-corrected chi connectivity index (χ2v) is 6.12. The van der Waals surface area contributed by atoms with Crippen LogP contribution in [0.15, 0.2) is 40.3 Å². The fraction of sp³-hybridized carbons (Fsp3) is 0.222. The number of rotatable bonds is 5. The van der Waals surface area contributed by atoms with Gasteiger partial charge in [-0.05, 0) is 43.7 Å². The second kappa shape index (κ2) is 8.05. The minimum absolute atomic E-state index is 0.00529. The Hall–Kier alpha value is -2.22. The maximum absolute atomic E-state index is 12.0. The Morgan fingerprint density at radius 3 is 2.75 bits per heavy atom. The molecule has 6 heteroatoms. The molecule has 1 aromatic carbocycles. The summed E-state index contributed by atoms with van der Waals surface area (Å²) in [5.41, 5.74) is 0.668. The van der Waals surface area contributed by atoms with Gasteiger partial charge in [0.15, 0.2) is 0 Å². The van der Waals surface area contributed by atoms with E-state index in [1.54, 1.807) is 30.3 Å². The summed E-state index contributed by atoms with van der Waals surface area (Å²) in [5, 5.41) is 12.9. The average molecular weight is 363 g/mol. The molecule has 1 aromatic heterocycles. The molecule has 2 rings (SSSR count). The van der Waals surface area contributed by atoms with Gasteiger partial charge in [-0.1, -0.05) is 30.1 Å². The van der Waals surface area contributed by atoms with E-state index in [1.807, 2.05) is 19.9 Å². The molecule has 0 saturated carbocycles. The summed E-state index contributed by atoms with van der Waals surface area (Å²) in [7, 11) is 0. The molecular formula is C18H16Cl2N2O2. The number of carbonyl (C=O) groups is 1. The SMILES string of the molecule is CC[C@@H](C)NC(=O)/C(C#N)=C/c1ccc(-c2ccc(Cl)cc2Cl)o1. The molecule has 0 aliphatic heterocycles. The lowest BCUT2D eigenvalue weighted by atomic mass is 10.2. The molecule has 0 aliphatic rings. The number of nitrogens with one attached hydrogen (secondary N) is 1. The Labute approximate surface area is 150 Å². The van der Waals surface area contributed by atoms with Gasteiger partial charge in [0.05, 0.1) is 5.02 Å². The summed E-state index contributed by atoms with van der Waals surface area (Å²) in [6, 6.07) is 10.4. The highest BCUT2D eigenvalue weighted by atomic mass is 35.5. The highest BCUT2D eigenvalue weighted by Gasteiger charge is 2.13. The van der Waals surface area contributed by atoms with E-state index in [0.717, 1.165) is 6.42 Å². The van der Waals surface area contributed by atoms with Crippen molar-refractivity contribution in [3.8, 4) is 17.4 Å². The smallest absolute Gasteiger partial charge is 0.262 e. The van der Waals surface area contributed by atoms with E-state index in [0.29, 0.717) is 27.1 Å². The van der Waals surface area contributed by atoms with Crippen LogP contribution in [0.3, 0.4) is 0 Å². The van der Waals surface area contributed by atoms with E-state index in [4.69, 9.17) is 27.6 Å². The van der Waals surface area contributed by atoms with Crippen LogP contribution in [0, 0.1) is 11.3 Å². The highest BCUT2D eigenvalue weighted by Crippen LogP contribution is 2.31. The molecule has 2 aromatic rings. The predicted octanol–water partition coefficient (Wildman–Crippen LogP) is 5.08. The van der Waals surface area contributed by atoms with Gasteiger partial charge in [0.1, 0.15) is 23.2 Å². The molecule has 0 radical (unpaired) electrons. The van der Waals surface area contributed by atoms with Crippen molar-refractivity contribution < 1.29 is 9.21 Å². The number of hydrogen-bond acceptors (Lipinski definition) is 3. The first-order chi connectivity index (χ1) is 11.4. The van der Waals surface area contributed by atoms with E-state index < -0.39 is 5.91 Å². The average Bonchev–Trinajstić information content (AvgIpc) is 3.00. The molecule has 4 nitrogen and oxygen atoms in total. The van der Waals surface area contributed by atoms with E-state index >= 15 is 0 Å². The topological polar surface area (TPSA) is 66.0 Å². The molecule has 1 heterocycles. The van der Waals surface area contributed by atoms with Crippen molar-refractivity contribution in [1.29, 1.82) is 5.26 Å². The van der Waals surface area contributed by atoms with Gasteiger partial charge in [0.2, 0.25) is 0 Å². The monoisotopic (exact) mass is 362 g/mol. The van der Waals surface area contributed by atoms with E-state index in [9.17, 15) is 10.1 Å². The third kappa shape index (κ3) is 4.41. The Balaban J connectivity index is 2.26. The number of benzene rings is 1. The van der Waals surface area contributed by atoms with Gasteiger partial charge in [-0.3, -0.25) is 4.79 Å². The zero-order chi connectivity index (χ0) is 17.7. The van der Waals surface area contributed by atoms with Crippen LogP contribution < -0.4 is 5.32 Å². The lowest BCUT2D eigenvalue weighted by molar-refractivity contribution is -0.117. The number of carbonyl (C=O) groups excluding carboxylic acids is 1. The lowest BCUT2D eigenvalue weighted by Crippen LogP contribution is -2.32. The minimum Gasteiger partial charge on any atom is -0.457 e. The largest absolute Gasteiger partial charge is 0.457 e. The molecule has 0 bridgehead atoms. The van der Waals surface area contributed by atoms with Crippen LogP contribution in [0.2, 0.25) is 10.0 Å². The van der Waals surface area contributed by atoms with Crippen molar-refractivity contribution in [3.63, 3.8) is 0 Å². The third-order valence-corrected chi connectivity index (χ3v) is 4.01.